The van der Waals surface area contributed by atoms with Crippen molar-refractivity contribution in [1.82, 2.24) is 19.2 Å². The second-order valence-electron chi connectivity index (χ2n) is 9.73. The third kappa shape index (κ3) is 4.11. The molecule has 2 aliphatic rings. The number of hydrogen-bond donors (Lipinski definition) is 0. The lowest BCUT2D eigenvalue weighted by atomic mass is 10.0. The molecular weight excluding hydrogens is 463 g/mol. The fourth-order valence-corrected chi connectivity index (χ4v) is 5.75. The maximum Gasteiger partial charge on any atom is 0.254 e. The molecule has 0 spiro atoms. The summed E-state index contributed by atoms with van der Waals surface area (Å²) in [6.07, 6.45) is 2.07. The lowest BCUT2D eigenvalue weighted by Crippen LogP contribution is -2.33. The Labute approximate surface area is 208 Å². The molecular formula is C28H26ClFN4O. The van der Waals surface area contributed by atoms with Gasteiger partial charge in [-0.3, -0.25) is 9.69 Å². The summed E-state index contributed by atoms with van der Waals surface area (Å²) < 4.78 is 15.9. The average Bonchev–Trinajstić information content (AvgIpc) is 3.53. The number of aromatic nitrogens is 2. The second kappa shape index (κ2) is 8.77. The van der Waals surface area contributed by atoms with Gasteiger partial charge < -0.3 is 9.30 Å². The van der Waals surface area contributed by atoms with Crippen molar-refractivity contribution in [1.29, 1.82) is 0 Å². The van der Waals surface area contributed by atoms with E-state index < -0.39 is 0 Å². The third-order valence-electron chi connectivity index (χ3n) is 7.40. The predicted octanol–water partition coefficient (Wildman–Crippen LogP) is 5.31. The molecule has 4 aromatic rings. The molecule has 2 aromatic carbocycles. The van der Waals surface area contributed by atoms with E-state index in [0.717, 1.165) is 47.8 Å². The van der Waals surface area contributed by atoms with Gasteiger partial charge in [-0.15, -0.1) is 0 Å². The van der Waals surface area contributed by atoms with Crippen LogP contribution in [-0.2, 0) is 6.54 Å². The quantitative estimate of drug-likeness (QED) is 0.391. The van der Waals surface area contributed by atoms with Gasteiger partial charge in [-0.25, -0.2) is 9.37 Å². The molecule has 2 fully saturated rings. The summed E-state index contributed by atoms with van der Waals surface area (Å²) in [5.41, 5.74) is 5.40. The summed E-state index contributed by atoms with van der Waals surface area (Å²) in [5.74, 6) is 0.417. The zero-order valence-corrected chi connectivity index (χ0v) is 20.3. The molecule has 0 radical (unpaired) electrons. The minimum Gasteiger partial charge on any atom is -0.338 e. The van der Waals surface area contributed by atoms with Crippen molar-refractivity contribution in [3.8, 4) is 11.3 Å². The number of halogens is 2. The summed E-state index contributed by atoms with van der Waals surface area (Å²) in [7, 11) is 0. The van der Waals surface area contributed by atoms with E-state index in [0.29, 0.717) is 35.5 Å². The fourth-order valence-electron chi connectivity index (χ4n) is 5.63. The first-order valence-electron chi connectivity index (χ1n) is 12.0. The van der Waals surface area contributed by atoms with Crippen LogP contribution in [0.1, 0.15) is 21.6 Å². The SMILES string of the molecule is Cc1ccc(F)cc1C(=O)N1CC2CN(Cc3c(-c4ccc(Cl)cc4)nc4ccccn34)CC2C1. The van der Waals surface area contributed by atoms with E-state index in [1.165, 1.54) is 12.1 Å². The molecule has 35 heavy (non-hydrogen) atoms. The molecule has 0 aliphatic carbocycles. The van der Waals surface area contributed by atoms with Gasteiger partial charge in [0, 0.05) is 55.1 Å². The fraction of sp³-hybridized carbons (Fsp3) is 0.286. The van der Waals surface area contributed by atoms with E-state index in [4.69, 9.17) is 16.6 Å². The Hall–Kier alpha value is -3.22. The van der Waals surface area contributed by atoms with Crippen molar-refractivity contribution in [3.63, 3.8) is 0 Å². The topological polar surface area (TPSA) is 40.9 Å². The number of nitrogens with zero attached hydrogens (tertiary/aromatic N) is 4. The Morgan fingerprint density at radius 3 is 2.51 bits per heavy atom. The van der Waals surface area contributed by atoms with Gasteiger partial charge in [-0.1, -0.05) is 35.9 Å². The van der Waals surface area contributed by atoms with Crippen molar-refractivity contribution in [2.24, 2.45) is 11.8 Å². The zero-order valence-electron chi connectivity index (χ0n) is 19.5. The van der Waals surface area contributed by atoms with Gasteiger partial charge in [0.2, 0.25) is 0 Å². The highest BCUT2D eigenvalue weighted by Gasteiger charge is 2.42. The average molecular weight is 489 g/mol. The van der Waals surface area contributed by atoms with Crippen molar-refractivity contribution >= 4 is 23.2 Å². The molecule has 5 nitrogen and oxygen atoms in total. The van der Waals surface area contributed by atoms with Crippen molar-refractivity contribution < 1.29 is 9.18 Å². The van der Waals surface area contributed by atoms with Crippen LogP contribution in [0, 0.1) is 24.6 Å². The van der Waals surface area contributed by atoms with Crippen molar-refractivity contribution in [2.75, 3.05) is 26.2 Å². The largest absolute Gasteiger partial charge is 0.338 e. The molecule has 0 bridgehead atoms. The number of aryl methyl sites for hydroxylation is 1. The van der Waals surface area contributed by atoms with Gasteiger partial charge in [0.25, 0.3) is 5.91 Å². The van der Waals surface area contributed by atoms with Gasteiger partial charge in [0.05, 0.1) is 11.4 Å². The number of imidazole rings is 1. The zero-order chi connectivity index (χ0) is 24.1. The van der Waals surface area contributed by atoms with Gasteiger partial charge in [0.1, 0.15) is 11.5 Å². The van der Waals surface area contributed by atoms with Crippen LogP contribution in [0.5, 0.6) is 0 Å². The van der Waals surface area contributed by atoms with E-state index >= 15 is 0 Å². The summed E-state index contributed by atoms with van der Waals surface area (Å²) >= 11 is 6.12. The van der Waals surface area contributed by atoms with Crippen LogP contribution < -0.4 is 0 Å². The number of pyridine rings is 1. The molecule has 7 heteroatoms. The monoisotopic (exact) mass is 488 g/mol. The number of rotatable bonds is 4. The van der Waals surface area contributed by atoms with E-state index in [9.17, 15) is 9.18 Å². The van der Waals surface area contributed by atoms with Gasteiger partial charge in [-0.05, 0) is 60.7 Å². The first-order valence-corrected chi connectivity index (χ1v) is 12.3. The third-order valence-corrected chi connectivity index (χ3v) is 7.65. The number of hydrogen-bond acceptors (Lipinski definition) is 3. The van der Waals surface area contributed by atoms with Crippen LogP contribution in [0.2, 0.25) is 5.02 Å². The first kappa shape index (κ1) is 22.3. The smallest absolute Gasteiger partial charge is 0.254 e. The van der Waals surface area contributed by atoms with E-state index in [2.05, 4.69) is 15.5 Å². The summed E-state index contributed by atoms with van der Waals surface area (Å²) in [6, 6.07) is 18.3. The van der Waals surface area contributed by atoms with E-state index in [-0.39, 0.29) is 11.7 Å². The van der Waals surface area contributed by atoms with Crippen LogP contribution >= 0.6 is 11.6 Å². The predicted molar refractivity (Wildman–Crippen MR) is 135 cm³/mol. The number of fused-ring (bicyclic) bond motifs is 2. The van der Waals surface area contributed by atoms with Crippen LogP contribution in [0.25, 0.3) is 16.9 Å². The van der Waals surface area contributed by atoms with Gasteiger partial charge >= 0.3 is 0 Å². The number of carbonyl (C=O) groups excluding carboxylic acids is 1. The lowest BCUT2D eigenvalue weighted by molar-refractivity contribution is 0.0772. The molecule has 2 aromatic heterocycles. The molecule has 0 saturated carbocycles. The minimum atomic E-state index is -0.367. The maximum atomic E-state index is 13.8. The Morgan fingerprint density at radius 2 is 1.77 bits per heavy atom. The molecule has 1 amide bonds. The normalized spacial score (nSPS) is 20.0. The molecule has 2 aliphatic heterocycles. The Kier molecular flexibility index (Phi) is 5.58. The summed E-state index contributed by atoms with van der Waals surface area (Å²) in [6.45, 7) is 5.93. The molecule has 178 valence electrons. The molecule has 2 saturated heterocycles. The Bertz CT molecular complexity index is 1400. The van der Waals surface area contributed by atoms with Gasteiger partial charge in [-0.2, -0.15) is 0 Å². The molecule has 0 N–H and O–H groups in total. The van der Waals surface area contributed by atoms with Crippen LogP contribution in [0.4, 0.5) is 4.39 Å². The van der Waals surface area contributed by atoms with Crippen molar-refractivity contribution in [3.05, 3.63) is 94.5 Å². The summed E-state index contributed by atoms with van der Waals surface area (Å²) in [5, 5.41) is 0.707. The van der Waals surface area contributed by atoms with Crippen LogP contribution in [0.15, 0.2) is 66.9 Å². The van der Waals surface area contributed by atoms with Gasteiger partial charge in [0.15, 0.2) is 0 Å². The molecule has 2 atom stereocenters. The Balaban J connectivity index is 1.20. The van der Waals surface area contributed by atoms with Crippen LogP contribution in [-0.4, -0.2) is 51.3 Å². The minimum absolute atomic E-state index is 0.0604. The number of benzene rings is 2. The maximum absolute atomic E-state index is 13.8. The standard InChI is InChI=1S/C28H26ClFN4O/c1-18-5-10-23(30)12-24(18)28(35)33-15-20-13-32(14-21(20)16-33)17-25-27(19-6-8-22(29)9-7-19)31-26-4-2-3-11-34(25)26/h2-12,20-21H,13-17H2,1H3. The second-order valence-corrected chi connectivity index (χ2v) is 10.2. The van der Waals surface area contributed by atoms with E-state index in [1.807, 2.05) is 54.3 Å². The highest BCUT2D eigenvalue weighted by molar-refractivity contribution is 6.30. The number of carbonyl (C=O) groups is 1. The molecule has 4 heterocycles. The van der Waals surface area contributed by atoms with Crippen molar-refractivity contribution in [2.45, 2.75) is 13.5 Å². The molecule has 6 rings (SSSR count). The van der Waals surface area contributed by atoms with Crippen LogP contribution in [0.3, 0.4) is 0 Å². The lowest BCUT2D eigenvalue weighted by Gasteiger charge is -2.22. The number of amides is 1. The Morgan fingerprint density at radius 1 is 1.03 bits per heavy atom. The van der Waals surface area contributed by atoms with E-state index in [1.54, 1.807) is 6.07 Å². The highest BCUT2D eigenvalue weighted by atomic mass is 35.5. The first-order chi connectivity index (χ1) is 17.0. The number of likely N-dealkylation sites (tertiary alicyclic amines) is 2. The molecule has 2 unspecified atom stereocenters. The highest BCUT2D eigenvalue weighted by Crippen LogP contribution is 2.34. The summed E-state index contributed by atoms with van der Waals surface area (Å²) in [4.78, 5) is 22.4.